The molecule has 0 aromatic carbocycles. The summed E-state index contributed by atoms with van der Waals surface area (Å²) >= 11 is 0. The van der Waals surface area contributed by atoms with E-state index >= 15 is 0 Å². The van der Waals surface area contributed by atoms with E-state index in [1.807, 2.05) is 13.8 Å². The number of amides is 1. The highest BCUT2D eigenvalue weighted by atomic mass is 16.5. The lowest BCUT2D eigenvalue weighted by Gasteiger charge is -2.25. The lowest BCUT2D eigenvalue weighted by molar-refractivity contribution is -0.141. The number of aliphatic carboxylic acids is 1. The number of carbonyl (C=O) groups is 2. The Morgan fingerprint density at radius 2 is 1.85 bits per heavy atom. The van der Waals surface area contributed by atoms with Crippen molar-refractivity contribution in [2.24, 2.45) is 23.2 Å². The summed E-state index contributed by atoms with van der Waals surface area (Å²) in [6.07, 6.45) is 3.11. The van der Waals surface area contributed by atoms with Gasteiger partial charge in [0.05, 0.1) is 11.8 Å². The maximum absolute atomic E-state index is 12.3. The number of carboxylic acid groups (broad SMARTS) is 1. The molecule has 1 saturated carbocycles. The predicted molar refractivity (Wildman–Crippen MR) is 74.2 cm³/mol. The van der Waals surface area contributed by atoms with Crippen LogP contribution in [-0.4, -0.2) is 48.7 Å². The molecule has 2 rings (SSSR count). The van der Waals surface area contributed by atoms with Crippen LogP contribution in [-0.2, 0) is 14.3 Å². The van der Waals surface area contributed by atoms with Crippen molar-refractivity contribution in [2.75, 3.05) is 26.8 Å². The lowest BCUT2D eigenvalue weighted by atomic mass is 9.96. The van der Waals surface area contributed by atoms with E-state index in [1.54, 1.807) is 11.9 Å². The third-order valence-electron chi connectivity index (χ3n) is 4.95. The third-order valence-corrected chi connectivity index (χ3v) is 4.95. The van der Waals surface area contributed by atoms with Crippen molar-refractivity contribution in [1.82, 2.24) is 4.90 Å². The zero-order valence-corrected chi connectivity index (χ0v) is 12.6. The van der Waals surface area contributed by atoms with Crippen molar-refractivity contribution in [3.63, 3.8) is 0 Å². The Balaban J connectivity index is 1.82. The molecule has 1 aliphatic carbocycles. The molecule has 114 valence electrons. The first-order chi connectivity index (χ1) is 9.35. The summed E-state index contributed by atoms with van der Waals surface area (Å²) < 4.78 is 5.32. The van der Waals surface area contributed by atoms with Crippen molar-refractivity contribution >= 4 is 11.9 Å². The van der Waals surface area contributed by atoms with Crippen molar-refractivity contribution in [2.45, 2.75) is 33.1 Å². The molecular formula is C15H25NO4. The van der Waals surface area contributed by atoms with Gasteiger partial charge >= 0.3 is 5.97 Å². The quantitative estimate of drug-likeness (QED) is 0.832. The van der Waals surface area contributed by atoms with Crippen LogP contribution in [0.2, 0.25) is 0 Å². The Labute approximate surface area is 120 Å². The topological polar surface area (TPSA) is 66.8 Å². The van der Waals surface area contributed by atoms with E-state index in [0.29, 0.717) is 12.5 Å². The molecule has 1 aliphatic heterocycles. The van der Waals surface area contributed by atoms with E-state index in [9.17, 15) is 9.59 Å². The van der Waals surface area contributed by atoms with Crippen LogP contribution in [0.25, 0.3) is 0 Å². The average molecular weight is 283 g/mol. The van der Waals surface area contributed by atoms with Gasteiger partial charge in [-0.2, -0.15) is 0 Å². The highest BCUT2D eigenvalue weighted by Gasteiger charge is 2.66. The molecule has 0 spiro atoms. The summed E-state index contributed by atoms with van der Waals surface area (Å²) in [6, 6.07) is 0. The number of carbonyl (C=O) groups excluding carboxylic acids is 1. The van der Waals surface area contributed by atoms with E-state index in [4.69, 9.17) is 9.84 Å². The Kier molecular flexibility index (Phi) is 4.37. The van der Waals surface area contributed by atoms with E-state index in [0.717, 1.165) is 32.5 Å². The average Bonchev–Trinajstić information content (AvgIpc) is 2.99. The summed E-state index contributed by atoms with van der Waals surface area (Å²) in [4.78, 5) is 25.2. The molecule has 0 bridgehead atoms. The van der Waals surface area contributed by atoms with Crippen molar-refractivity contribution in [3.05, 3.63) is 0 Å². The van der Waals surface area contributed by atoms with Crippen molar-refractivity contribution < 1.29 is 19.4 Å². The minimum Gasteiger partial charge on any atom is -0.481 e. The fourth-order valence-electron chi connectivity index (χ4n) is 3.32. The molecule has 2 aliphatic rings. The standard InChI is InChI=1S/C15H25NO4/c1-15(2)11(12(15)14(18)19)13(17)16(3)7-4-10-5-8-20-9-6-10/h10-12H,4-9H2,1-3H3,(H,18,19)/t11-,12+/m0/s1. The molecule has 1 N–H and O–H groups in total. The summed E-state index contributed by atoms with van der Waals surface area (Å²) in [5.74, 6) is -1.14. The summed E-state index contributed by atoms with van der Waals surface area (Å²) in [5, 5.41) is 9.14. The fourth-order valence-corrected chi connectivity index (χ4v) is 3.32. The number of ether oxygens (including phenoxy) is 1. The van der Waals surface area contributed by atoms with Crippen LogP contribution in [0.4, 0.5) is 0 Å². The number of rotatable bonds is 5. The van der Waals surface area contributed by atoms with Crippen molar-refractivity contribution in [1.29, 1.82) is 0 Å². The van der Waals surface area contributed by atoms with Crippen LogP contribution in [0.15, 0.2) is 0 Å². The molecule has 2 atom stereocenters. The van der Waals surface area contributed by atoms with Gasteiger partial charge < -0.3 is 14.7 Å². The van der Waals surface area contributed by atoms with Gasteiger partial charge in [-0.3, -0.25) is 9.59 Å². The van der Waals surface area contributed by atoms with Gasteiger partial charge in [-0.1, -0.05) is 13.8 Å². The Hall–Kier alpha value is -1.10. The molecular weight excluding hydrogens is 258 g/mol. The van der Waals surface area contributed by atoms with Crippen LogP contribution in [0.5, 0.6) is 0 Å². The molecule has 0 aromatic rings. The Morgan fingerprint density at radius 3 is 2.35 bits per heavy atom. The van der Waals surface area contributed by atoms with Gasteiger partial charge in [0.25, 0.3) is 0 Å². The Morgan fingerprint density at radius 1 is 1.25 bits per heavy atom. The minimum atomic E-state index is -0.855. The van der Waals surface area contributed by atoms with E-state index in [-0.39, 0.29) is 11.8 Å². The molecule has 2 fully saturated rings. The van der Waals surface area contributed by atoms with Gasteiger partial charge in [0.2, 0.25) is 5.91 Å². The lowest BCUT2D eigenvalue weighted by Crippen LogP contribution is -2.32. The highest BCUT2D eigenvalue weighted by Crippen LogP contribution is 2.58. The number of hydrogen-bond acceptors (Lipinski definition) is 3. The largest absolute Gasteiger partial charge is 0.481 e. The number of carboxylic acids is 1. The molecule has 1 heterocycles. The summed E-state index contributed by atoms with van der Waals surface area (Å²) in [7, 11) is 1.79. The zero-order valence-electron chi connectivity index (χ0n) is 12.6. The molecule has 5 nitrogen and oxygen atoms in total. The van der Waals surface area contributed by atoms with Crippen LogP contribution in [0, 0.1) is 23.2 Å². The zero-order chi connectivity index (χ0) is 14.9. The van der Waals surface area contributed by atoms with E-state index < -0.39 is 17.3 Å². The van der Waals surface area contributed by atoms with Gasteiger partial charge in [-0.25, -0.2) is 0 Å². The molecule has 0 aromatic heterocycles. The summed E-state index contributed by atoms with van der Waals surface area (Å²) in [6.45, 7) is 6.07. The second-order valence-corrected chi connectivity index (χ2v) is 6.72. The Bertz CT molecular complexity index is 387. The molecule has 1 amide bonds. The summed E-state index contributed by atoms with van der Waals surface area (Å²) in [5.41, 5.74) is -0.407. The fraction of sp³-hybridized carbons (Fsp3) is 0.867. The SMILES string of the molecule is CN(CCC1CCOCC1)C(=O)[C@@H]1[C@H](C(=O)O)C1(C)C. The molecule has 1 saturated heterocycles. The van der Waals surface area contributed by atoms with Crippen LogP contribution < -0.4 is 0 Å². The first kappa shape index (κ1) is 15.3. The van der Waals surface area contributed by atoms with Crippen LogP contribution in [0.3, 0.4) is 0 Å². The normalized spacial score (nSPS) is 28.9. The number of hydrogen-bond donors (Lipinski definition) is 1. The van der Waals surface area contributed by atoms with Gasteiger partial charge in [-0.05, 0) is 30.6 Å². The second kappa shape index (κ2) is 5.72. The molecule has 0 unspecified atom stereocenters. The predicted octanol–water partition coefficient (Wildman–Crippen LogP) is 1.62. The van der Waals surface area contributed by atoms with Crippen LogP contribution >= 0.6 is 0 Å². The maximum Gasteiger partial charge on any atom is 0.307 e. The first-order valence-corrected chi connectivity index (χ1v) is 7.41. The monoisotopic (exact) mass is 283 g/mol. The van der Waals surface area contributed by atoms with Gasteiger partial charge in [0.15, 0.2) is 0 Å². The molecule has 20 heavy (non-hydrogen) atoms. The van der Waals surface area contributed by atoms with Gasteiger partial charge in [0.1, 0.15) is 0 Å². The smallest absolute Gasteiger partial charge is 0.307 e. The van der Waals surface area contributed by atoms with Gasteiger partial charge in [0, 0.05) is 26.8 Å². The highest BCUT2D eigenvalue weighted by molar-refractivity contribution is 5.91. The second-order valence-electron chi connectivity index (χ2n) is 6.72. The van der Waals surface area contributed by atoms with E-state index in [2.05, 4.69) is 0 Å². The maximum atomic E-state index is 12.3. The van der Waals surface area contributed by atoms with Gasteiger partial charge in [-0.15, -0.1) is 0 Å². The van der Waals surface area contributed by atoms with Crippen LogP contribution in [0.1, 0.15) is 33.1 Å². The first-order valence-electron chi connectivity index (χ1n) is 7.41. The number of nitrogens with zero attached hydrogens (tertiary/aromatic N) is 1. The molecule has 5 heteroatoms. The minimum absolute atomic E-state index is 0.0190. The molecule has 0 radical (unpaired) electrons. The van der Waals surface area contributed by atoms with E-state index in [1.165, 1.54) is 0 Å². The van der Waals surface area contributed by atoms with Crippen molar-refractivity contribution in [3.8, 4) is 0 Å². The third kappa shape index (κ3) is 2.97.